The summed E-state index contributed by atoms with van der Waals surface area (Å²) in [6.45, 7) is 0.752. The lowest BCUT2D eigenvalue weighted by molar-refractivity contribution is 0.468. The van der Waals surface area contributed by atoms with E-state index < -0.39 is 10.0 Å². The Hall–Kier alpha value is -2.71. The number of benzene rings is 1. The average Bonchev–Trinajstić information content (AvgIpc) is 3.31. The molecule has 0 unspecified atom stereocenters. The van der Waals surface area contributed by atoms with Crippen LogP contribution in [-0.4, -0.2) is 46.4 Å². The number of pyridine rings is 1. The van der Waals surface area contributed by atoms with Crippen LogP contribution in [0.2, 0.25) is 0 Å². The van der Waals surface area contributed by atoms with Crippen molar-refractivity contribution in [2.24, 2.45) is 7.05 Å². The summed E-state index contributed by atoms with van der Waals surface area (Å²) in [6, 6.07) is 15.5. The fraction of sp³-hybridized carbons (Fsp3) is 0.263. The fourth-order valence-corrected chi connectivity index (χ4v) is 4.90. The van der Waals surface area contributed by atoms with Gasteiger partial charge in [-0.3, -0.25) is 0 Å². The molecular formula is C19H21N5O2S. The largest absolute Gasteiger partial charge is 0.365 e. The van der Waals surface area contributed by atoms with Crippen LogP contribution in [0.1, 0.15) is 11.5 Å². The molecule has 2 atom stereocenters. The minimum absolute atomic E-state index is 0.0201. The lowest BCUT2D eigenvalue weighted by Gasteiger charge is -2.20. The summed E-state index contributed by atoms with van der Waals surface area (Å²) in [5, 5.41) is 3.48. The fourth-order valence-electron chi connectivity index (χ4n) is 3.44. The molecular weight excluding hydrogens is 362 g/mol. The minimum Gasteiger partial charge on any atom is -0.365 e. The van der Waals surface area contributed by atoms with Crippen molar-refractivity contribution in [3.8, 4) is 0 Å². The molecule has 8 heteroatoms. The van der Waals surface area contributed by atoms with Crippen LogP contribution in [0.15, 0.2) is 72.3 Å². The van der Waals surface area contributed by atoms with E-state index >= 15 is 0 Å². The summed E-state index contributed by atoms with van der Waals surface area (Å²) >= 11 is 0. The molecule has 1 aliphatic rings. The highest BCUT2D eigenvalue weighted by molar-refractivity contribution is 7.89. The van der Waals surface area contributed by atoms with Crippen LogP contribution in [0.5, 0.6) is 0 Å². The van der Waals surface area contributed by atoms with E-state index in [1.54, 1.807) is 17.8 Å². The molecule has 0 spiro atoms. The smallest absolute Gasteiger partial charge is 0.262 e. The van der Waals surface area contributed by atoms with Gasteiger partial charge < -0.3 is 9.88 Å². The number of rotatable bonds is 5. The number of aromatic nitrogens is 3. The van der Waals surface area contributed by atoms with Gasteiger partial charge in [-0.2, -0.15) is 4.31 Å². The maximum Gasteiger partial charge on any atom is 0.262 e. The number of anilines is 1. The molecule has 0 radical (unpaired) electrons. The second-order valence-electron chi connectivity index (χ2n) is 6.68. The number of imidazole rings is 1. The number of nitrogens with zero attached hydrogens (tertiary/aromatic N) is 4. The number of hydrogen-bond donors (Lipinski definition) is 1. The van der Waals surface area contributed by atoms with Crippen LogP contribution in [0.25, 0.3) is 0 Å². The molecule has 0 amide bonds. The van der Waals surface area contributed by atoms with Gasteiger partial charge in [-0.1, -0.05) is 36.4 Å². The molecule has 27 heavy (non-hydrogen) atoms. The van der Waals surface area contributed by atoms with Crippen LogP contribution < -0.4 is 5.32 Å². The van der Waals surface area contributed by atoms with Crippen LogP contribution in [0, 0.1) is 0 Å². The second-order valence-corrected chi connectivity index (χ2v) is 8.57. The Morgan fingerprint density at radius 3 is 2.48 bits per heavy atom. The Kier molecular flexibility index (Phi) is 4.67. The minimum atomic E-state index is -3.64. The molecule has 3 heterocycles. The summed E-state index contributed by atoms with van der Waals surface area (Å²) in [5.41, 5.74) is 1.10. The monoisotopic (exact) mass is 383 g/mol. The maximum atomic E-state index is 13.0. The Morgan fingerprint density at radius 1 is 1.04 bits per heavy atom. The first kappa shape index (κ1) is 17.7. The van der Waals surface area contributed by atoms with E-state index in [4.69, 9.17) is 0 Å². The summed E-state index contributed by atoms with van der Waals surface area (Å²) in [4.78, 5) is 8.36. The van der Waals surface area contributed by atoms with Crippen LogP contribution in [0.4, 0.5) is 5.82 Å². The summed E-state index contributed by atoms with van der Waals surface area (Å²) in [6.07, 6.45) is 4.75. The van der Waals surface area contributed by atoms with E-state index in [1.165, 1.54) is 16.8 Å². The molecule has 140 valence electrons. The van der Waals surface area contributed by atoms with Gasteiger partial charge in [0.05, 0.1) is 6.33 Å². The van der Waals surface area contributed by atoms with Crippen molar-refractivity contribution in [1.82, 2.24) is 18.8 Å². The quantitative estimate of drug-likeness (QED) is 0.730. The van der Waals surface area contributed by atoms with Gasteiger partial charge in [-0.25, -0.2) is 18.4 Å². The summed E-state index contributed by atoms with van der Waals surface area (Å²) in [5.74, 6) is 0.757. The van der Waals surface area contributed by atoms with Gasteiger partial charge in [0, 0.05) is 44.5 Å². The second kappa shape index (κ2) is 7.13. The van der Waals surface area contributed by atoms with Crippen molar-refractivity contribution in [3.05, 3.63) is 72.8 Å². The zero-order chi connectivity index (χ0) is 18.9. The molecule has 0 bridgehead atoms. The van der Waals surface area contributed by atoms with Gasteiger partial charge in [0.15, 0.2) is 5.03 Å². The zero-order valence-electron chi connectivity index (χ0n) is 14.9. The first-order chi connectivity index (χ1) is 13.0. The Morgan fingerprint density at radius 2 is 1.81 bits per heavy atom. The summed E-state index contributed by atoms with van der Waals surface area (Å²) in [7, 11) is -1.88. The van der Waals surface area contributed by atoms with Gasteiger partial charge in [-0.15, -0.1) is 0 Å². The van der Waals surface area contributed by atoms with E-state index in [0.29, 0.717) is 13.1 Å². The number of sulfonamides is 1. The molecule has 3 aromatic rings. The SMILES string of the molecule is Cn1cnc(S(=O)(=O)N2C[C@H](Nc3ccccn3)[C@@H](c3ccccc3)C2)c1. The molecule has 2 aromatic heterocycles. The molecule has 1 fully saturated rings. The highest BCUT2D eigenvalue weighted by Gasteiger charge is 2.41. The molecule has 1 saturated heterocycles. The van der Waals surface area contributed by atoms with E-state index in [2.05, 4.69) is 15.3 Å². The number of aryl methyl sites for hydroxylation is 1. The molecule has 1 N–H and O–H groups in total. The van der Waals surface area contributed by atoms with E-state index in [9.17, 15) is 8.42 Å². The first-order valence-corrected chi connectivity index (χ1v) is 10.2. The molecule has 4 rings (SSSR count). The predicted octanol–water partition coefficient (Wildman–Crippen LogP) is 2.08. The standard InChI is InChI=1S/C19H21N5O2S/c1-23-13-19(21-14-23)27(25,26)24-11-16(15-7-3-2-4-8-15)17(12-24)22-18-9-5-6-10-20-18/h2-10,13-14,16-17H,11-12H2,1H3,(H,20,22)/t16-,17+/m1/s1. The first-order valence-electron chi connectivity index (χ1n) is 8.74. The number of hydrogen-bond acceptors (Lipinski definition) is 5. The van der Waals surface area contributed by atoms with E-state index in [1.807, 2.05) is 48.5 Å². The molecule has 7 nitrogen and oxygen atoms in total. The highest BCUT2D eigenvalue weighted by Crippen LogP contribution is 2.32. The van der Waals surface area contributed by atoms with Gasteiger partial charge >= 0.3 is 0 Å². The Balaban J connectivity index is 1.64. The van der Waals surface area contributed by atoms with Gasteiger partial charge in [0.25, 0.3) is 10.0 Å². The molecule has 0 aliphatic carbocycles. The van der Waals surface area contributed by atoms with Crippen molar-refractivity contribution in [2.45, 2.75) is 17.0 Å². The van der Waals surface area contributed by atoms with Gasteiger partial charge in [0.2, 0.25) is 0 Å². The summed E-state index contributed by atoms with van der Waals surface area (Å²) < 4.78 is 29.2. The van der Waals surface area contributed by atoms with Gasteiger partial charge in [-0.05, 0) is 17.7 Å². The van der Waals surface area contributed by atoms with E-state index in [0.717, 1.165) is 11.4 Å². The molecule has 1 aliphatic heterocycles. The van der Waals surface area contributed by atoms with Crippen molar-refractivity contribution < 1.29 is 8.42 Å². The predicted molar refractivity (Wildman–Crippen MR) is 103 cm³/mol. The Labute approximate surface area is 158 Å². The Bertz CT molecular complexity index is 1000. The van der Waals surface area contributed by atoms with Crippen LogP contribution in [0.3, 0.4) is 0 Å². The molecule has 1 aromatic carbocycles. The average molecular weight is 383 g/mol. The van der Waals surface area contributed by atoms with Crippen molar-refractivity contribution in [3.63, 3.8) is 0 Å². The number of nitrogens with one attached hydrogen (secondary N) is 1. The van der Waals surface area contributed by atoms with Crippen LogP contribution >= 0.6 is 0 Å². The topological polar surface area (TPSA) is 80.1 Å². The lowest BCUT2D eigenvalue weighted by atomic mass is 9.94. The van der Waals surface area contributed by atoms with Crippen molar-refractivity contribution >= 4 is 15.8 Å². The lowest BCUT2D eigenvalue weighted by Crippen LogP contribution is -2.32. The van der Waals surface area contributed by atoms with E-state index in [-0.39, 0.29) is 17.0 Å². The third-order valence-corrected chi connectivity index (χ3v) is 6.52. The zero-order valence-corrected chi connectivity index (χ0v) is 15.7. The van der Waals surface area contributed by atoms with Gasteiger partial charge in [0.1, 0.15) is 5.82 Å². The molecule has 0 saturated carbocycles. The third kappa shape index (κ3) is 3.58. The third-order valence-electron chi connectivity index (χ3n) is 4.80. The van der Waals surface area contributed by atoms with Crippen molar-refractivity contribution in [2.75, 3.05) is 18.4 Å². The van der Waals surface area contributed by atoms with Crippen molar-refractivity contribution in [1.29, 1.82) is 0 Å². The van der Waals surface area contributed by atoms with Crippen LogP contribution in [-0.2, 0) is 17.1 Å². The highest BCUT2D eigenvalue weighted by atomic mass is 32.2. The normalized spacial score (nSPS) is 20.6. The maximum absolute atomic E-state index is 13.0.